The minimum Gasteiger partial charge on any atom is -0.418 e. The van der Waals surface area contributed by atoms with Crippen LogP contribution >= 0.6 is 0 Å². The van der Waals surface area contributed by atoms with Crippen molar-refractivity contribution in [3.8, 4) is 0 Å². The lowest BCUT2D eigenvalue weighted by Gasteiger charge is -2.38. The van der Waals surface area contributed by atoms with Gasteiger partial charge in [0.25, 0.3) is 0 Å². The van der Waals surface area contributed by atoms with Crippen molar-refractivity contribution in [3.05, 3.63) is 48.6 Å². The minimum atomic E-state index is -1.37. The van der Waals surface area contributed by atoms with Gasteiger partial charge in [0.05, 0.1) is 0 Å². The summed E-state index contributed by atoms with van der Waals surface area (Å²) < 4.78 is 6.02. The zero-order valence-electron chi connectivity index (χ0n) is 13.3. The molecule has 0 unspecified atom stereocenters. The molecule has 0 aromatic rings. The molecule has 0 spiro atoms. The molecule has 0 saturated carbocycles. The lowest BCUT2D eigenvalue weighted by molar-refractivity contribution is 0.174. The van der Waals surface area contributed by atoms with Crippen LogP contribution in [0.3, 0.4) is 0 Å². The van der Waals surface area contributed by atoms with E-state index >= 15 is 0 Å². The summed E-state index contributed by atoms with van der Waals surface area (Å²) in [5.74, 6) is 1.10. The highest BCUT2D eigenvalue weighted by Gasteiger charge is 2.37. The van der Waals surface area contributed by atoms with Crippen LogP contribution in [0.1, 0.15) is 19.8 Å². The van der Waals surface area contributed by atoms with Crippen LogP contribution in [0.2, 0.25) is 19.6 Å². The average molecular weight is 289 g/mol. The molecule has 1 nitrogen and oxygen atoms in total. The third-order valence-electron chi connectivity index (χ3n) is 4.41. The molecule has 0 aromatic carbocycles. The Morgan fingerprint density at radius 2 is 1.35 bits per heavy atom. The van der Waals surface area contributed by atoms with Crippen LogP contribution in [-0.2, 0) is 4.43 Å². The highest BCUT2D eigenvalue weighted by atomic mass is 28.4. The molecule has 0 N–H and O–H groups in total. The number of hydrogen-bond acceptors (Lipinski definition) is 1. The van der Waals surface area contributed by atoms with Gasteiger partial charge in [0.15, 0.2) is 8.32 Å². The molecule has 0 amide bonds. The quantitative estimate of drug-likeness (QED) is 0.467. The normalized spacial score (nSPS) is 19.6. The zero-order chi connectivity index (χ0) is 14.6. The van der Waals surface area contributed by atoms with E-state index in [0.29, 0.717) is 11.8 Å². The van der Waals surface area contributed by atoms with E-state index in [1.54, 1.807) is 0 Å². The molecule has 20 heavy (non-hydrogen) atoms. The maximum absolute atomic E-state index is 6.02. The molecular formula is C18H28OSi. The van der Waals surface area contributed by atoms with Gasteiger partial charge in [0.1, 0.15) is 0 Å². The maximum Gasteiger partial charge on any atom is 0.183 e. The first kappa shape index (κ1) is 15.5. The molecule has 0 bridgehead atoms. The fraction of sp³-hybridized carbons (Fsp3) is 0.556. The fourth-order valence-electron chi connectivity index (χ4n) is 3.13. The van der Waals surface area contributed by atoms with Gasteiger partial charge in [-0.25, -0.2) is 0 Å². The standard InChI is InChI=1S/C18H28OSi/c1-18(16-10-5-6-11-16,17-12-7-8-13-17)14-9-15-19-20(2,3)4/h5-8,10-13,16-17H,9,14-15H2,1-4H3. The Morgan fingerprint density at radius 3 is 1.75 bits per heavy atom. The highest BCUT2D eigenvalue weighted by molar-refractivity contribution is 6.69. The molecule has 2 aliphatic rings. The summed E-state index contributed by atoms with van der Waals surface area (Å²) in [5.41, 5.74) is 0.274. The van der Waals surface area contributed by atoms with E-state index in [-0.39, 0.29) is 5.41 Å². The van der Waals surface area contributed by atoms with Crippen LogP contribution in [0.5, 0.6) is 0 Å². The third kappa shape index (κ3) is 3.83. The smallest absolute Gasteiger partial charge is 0.183 e. The zero-order valence-corrected chi connectivity index (χ0v) is 14.3. The maximum atomic E-state index is 6.02. The Bertz CT molecular complexity index is 385. The molecule has 110 valence electrons. The van der Waals surface area contributed by atoms with E-state index in [1.807, 2.05) is 0 Å². The molecule has 0 aliphatic heterocycles. The first-order chi connectivity index (χ1) is 9.42. The van der Waals surface area contributed by atoms with Crippen LogP contribution in [0.25, 0.3) is 0 Å². The summed E-state index contributed by atoms with van der Waals surface area (Å²) in [7, 11) is -1.37. The second kappa shape index (κ2) is 6.27. The van der Waals surface area contributed by atoms with Crippen molar-refractivity contribution < 1.29 is 4.43 Å². The predicted molar refractivity (Wildman–Crippen MR) is 90.2 cm³/mol. The molecule has 0 heterocycles. The van der Waals surface area contributed by atoms with Gasteiger partial charge in [-0.05, 0) is 37.9 Å². The van der Waals surface area contributed by atoms with Gasteiger partial charge >= 0.3 is 0 Å². The largest absolute Gasteiger partial charge is 0.418 e. The van der Waals surface area contributed by atoms with Crippen molar-refractivity contribution in [1.29, 1.82) is 0 Å². The predicted octanol–water partition coefficient (Wildman–Crippen LogP) is 5.11. The van der Waals surface area contributed by atoms with Crippen molar-refractivity contribution >= 4 is 8.32 Å². The molecular weight excluding hydrogens is 260 g/mol. The van der Waals surface area contributed by atoms with Gasteiger partial charge in [-0.1, -0.05) is 55.5 Å². The summed E-state index contributed by atoms with van der Waals surface area (Å²) in [4.78, 5) is 0. The second-order valence-corrected chi connectivity index (χ2v) is 11.7. The Kier molecular flexibility index (Phi) is 4.87. The Balaban J connectivity index is 1.97. The van der Waals surface area contributed by atoms with Crippen LogP contribution in [0.4, 0.5) is 0 Å². The lowest BCUT2D eigenvalue weighted by atomic mass is 9.66. The van der Waals surface area contributed by atoms with E-state index < -0.39 is 8.32 Å². The van der Waals surface area contributed by atoms with Gasteiger partial charge in [-0.15, -0.1) is 0 Å². The van der Waals surface area contributed by atoms with Crippen molar-refractivity contribution in [2.45, 2.75) is 39.4 Å². The van der Waals surface area contributed by atoms with E-state index in [4.69, 9.17) is 4.43 Å². The summed E-state index contributed by atoms with van der Waals surface area (Å²) >= 11 is 0. The topological polar surface area (TPSA) is 9.23 Å². The van der Waals surface area contributed by atoms with Crippen LogP contribution in [-0.4, -0.2) is 14.9 Å². The Labute approximate surface area is 125 Å². The van der Waals surface area contributed by atoms with Gasteiger partial charge in [-0.2, -0.15) is 0 Å². The first-order valence-electron chi connectivity index (χ1n) is 7.76. The van der Waals surface area contributed by atoms with Crippen molar-refractivity contribution in [2.75, 3.05) is 6.61 Å². The van der Waals surface area contributed by atoms with Crippen molar-refractivity contribution in [3.63, 3.8) is 0 Å². The second-order valence-electron chi connectivity index (χ2n) is 7.16. The van der Waals surface area contributed by atoms with Crippen LogP contribution in [0.15, 0.2) is 48.6 Å². The molecule has 0 fully saturated rings. The summed E-state index contributed by atoms with van der Waals surface area (Å²) in [6, 6.07) is 0. The number of hydrogen-bond donors (Lipinski definition) is 0. The van der Waals surface area contributed by atoms with Crippen molar-refractivity contribution in [2.24, 2.45) is 17.3 Å². The van der Waals surface area contributed by atoms with Gasteiger partial charge in [0.2, 0.25) is 0 Å². The number of rotatable bonds is 7. The summed E-state index contributed by atoms with van der Waals surface area (Å²) in [5, 5.41) is 0. The van der Waals surface area contributed by atoms with Crippen LogP contribution in [0, 0.1) is 17.3 Å². The minimum absolute atomic E-state index is 0.274. The van der Waals surface area contributed by atoms with E-state index in [9.17, 15) is 0 Å². The fourth-order valence-corrected chi connectivity index (χ4v) is 3.89. The molecule has 2 rings (SSSR count). The van der Waals surface area contributed by atoms with E-state index in [2.05, 4.69) is 75.2 Å². The Morgan fingerprint density at radius 1 is 0.900 bits per heavy atom. The molecule has 0 atom stereocenters. The van der Waals surface area contributed by atoms with Crippen LogP contribution < -0.4 is 0 Å². The average Bonchev–Trinajstić information content (AvgIpc) is 3.04. The van der Waals surface area contributed by atoms with Gasteiger partial charge < -0.3 is 4.43 Å². The SMILES string of the molecule is CC(CCCO[Si](C)(C)C)(C1C=CC=C1)C1C=CC=C1. The van der Waals surface area contributed by atoms with Gasteiger partial charge in [-0.3, -0.25) is 0 Å². The monoisotopic (exact) mass is 288 g/mol. The van der Waals surface area contributed by atoms with E-state index in [1.165, 1.54) is 6.42 Å². The first-order valence-corrected chi connectivity index (χ1v) is 11.2. The summed E-state index contributed by atoms with van der Waals surface area (Å²) in [6.45, 7) is 10.1. The lowest BCUT2D eigenvalue weighted by Crippen LogP contribution is -2.32. The van der Waals surface area contributed by atoms with Crippen molar-refractivity contribution in [1.82, 2.24) is 0 Å². The molecule has 2 aliphatic carbocycles. The molecule has 0 aromatic heterocycles. The molecule has 0 radical (unpaired) electrons. The molecule has 0 saturated heterocycles. The highest BCUT2D eigenvalue weighted by Crippen LogP contribution is 2.45. The molecule has 2 heteroatoms. The third-order valence-corrected chi connectivity index (χ3v) is 5.48. The van der Waals surface area contributed by atoms with Gasteiger partial charge in [0, 0.05) is 18.4 Å². The summed E-state index contributed by atoms with van der Waals surface area (Å²) in [6.07, 6.45) is 20.5. The van der Waals surface area contributed by atoms with E-state index in [0.717, 1.165) is 13.0 Å². The number of allylic oxidation sites excluding steroid dienone is 8. The Hall–Kier alpha value is -0.863.